The summed E-state index contributed by atoms with van der Waals surface area (Å²) in [4.78, 5) is 12.9. The fraction of sp³-hybridized carbons (Fsp3) is 0.571. The van der Waals surface area contributed by atoms with E-state index in [2.05, 4.69) is 31.9 Å². The number of amides is 1. The van der Waals surface area contributed by atoms with Gasteiger partial charge in [0.2, 0.25) is 5.91 Å². The number of halogens is 2. The van der Waals surface area contributed by atoms with E-state index in [1.165, 1.54) is 0 Å². The van der Waals surface area contributed by atoms with E-state index >= 15 is 0 Å². The Balaban J connectivity index is 2.40. The summed E-state index contributed by atoms with van der Waals surface area (Å²) in [7, 11) is 0.263. The Bertz CT molecular complexity index is 378. The van der Waals surface area contributed by atoms with E-state index in [-0.39, 0.29) is 24.9 Å². The lowest BCUT2D eigenvalue weighted by atomic mass is 10.2. The number of hydrogen-bond donors (Lipinski definition) is 0. The zero-order valence-corrected chi connectivity index (χ0v) is 11.8. The van der Waals surface area contributed by atoms with Crippen molar-refractivity contribution in [1.82, 2.24) is 4.90 Å². The van der Waals surface area contributed by atoms with Gasteiger partial charge in [0.05, 0.1) is 16.0 Å². The van der Waals surface area contributed by atoms with Crippen LogP contribution in [0.3, 0.4) is 0 Å². The summed E-state index contributed by atoms with van der Waals surface area (Å²) in [6.45, 7) is 0. The van der Waals surface area contributed by atoms with Crippen LogP contribution in [0, 0.1) is 0 Å². The van der Waals surface area contributed by atoms with E-state index in [9.17, 15) is 9.00 Å². The van der Waals surface area contributed by atoms with E-state index in [0.29, 0.717) is 22.0 Å². The van der Waals surface area contributed by atoms with Crippen LogP contribution in [0.2, 0.25) is 0 Å². The van der Waals surface area contributed by atoms with Gasteiger partial charge in [0.15, 0.2) is 0 Å². The Hall–Kier alpha value is 0.540. The molecule has 1 fully saturated rings. The van der Waals surface area contributed by atoms with Crippen LogP contribution in [0.15, 0.2) is 11.8 Å². The number of alkyl halides is 2. The first kappa shape index (κ1) is 11.0. The van der Waals surface area contributed by atoms with Crippen LogP contribution in [0.25, 0.3) is 0 Å². The second-order valence-corrected chi connectivity index (χ2v) is 8.46. The molecule has 0 radical (unpaired) electrons. The van der Waals surface area contributed by atoms with E-state index in [1.807, 2.05) is 6.20 Å². The minimum atomic E-state index is -0.350. The maximum absolute atomic E-state index is 11.2. The molecule has 0 aromatic heterocycles. The molecule has 2 aliphatic heterocycles. The minimum absolute atomic E-state index is 0.110. The Morgan fingerprint density at radius 1 is 1.71 bits per heavy atom. The van der Waals surface area contributed by atoms with Crippen molar-refractivity contribution in [3.8, 4) is 0 Å². The third-order valence-corrected chi connectivity index (χ3v) is 8.95. The lowest BCUT2D eigenvalue weighted by Crippen LogP contribution is -2.55. The molecule has 0 spiro atoms. The van der Waals surface area contributed by atoms with E-state index < -0.39 is 0 Å². The Kier molecular flexibility index (Phi) is 3.30. The molecule has 7 heteroatoms. The van der Waals surface area contributed by atoms with Crippen LogP contribution in [0.5, 0.6) is 0 Å². The van der Waals surface area contributed by atoms with E-state index in [1.54, 1.807) is 4.90 Å². The van der Waals surface area contributed by atoms with Gasteiger partial charge in [-0.25, -0.2) is 4.21 Å². The number of carbonyl (C=O) groups excluding carboxylic acids is 1. The molecule has 0 aliphatic carbocycles. The van der Waals surface area contributed by atoms with Crippen molar-refractivity contribution in [2.45, 2.75) is 16.0 Å². The first-order chi connectivity index (χ1) is 6.69. The average molecular weight is 361 g/mol. The third-order valence-electron chi connectivity index (χ3n) is 2.25. The molecule has 78 valence electrons. The van der Waals surface area contributed by atoms with Crippen molar-refractivity contribution in [3.63, 3.8) is 0 Å². The van der Waals surface area contributed by atoms with Gasteiger partial charge in [-0.1, -0.05) is 41.3 Å². The van der Waals surface area contributed by atoms with Crippen molar-refractivity contribution in [2.75, 3.05) is 5.33 Å². The van der Waals surface area contributed by atoms with Crippen molar-refractivity contribution in [1.29, 1.82) is 0 Å². The second kappa shape index (κ2) is 4.19. The molecule has 3 atom stereocenters. The number of rotatable bonds is 1. The molecule has 0 N–H and O–H groups in total. The molecule has 2 heterocycles. The van der Waals surface area contributed by atoms with Gasteiger partial charge >= 0.3 is 0 Å². The van der Waals surface area contributed by atoms with E-state index in [0.717, 1.165) is 5.57 Å². The molecule has 0 aromatic rings. The summed E-state index contributed by atoms with van der Waals surface area (Å²) in [6.07, 6.45) is 2.39. The average Bonchev–Trinajstić information content (AvgIpc) is 2.18. The standard InChI is InChI=1S/C7H7Br2NO2S2/c8-2-4-3-10-5(11)1-6(10)14(13-12)7(4)9/h3,6-7H,1-2H2. The molecular weight excluding hydrogens is 354 g/mol. The van der Waals surface area contributed by atoms with Crippen LogP contribution in [0.1, 0.15) is 6.42 Å². The summed E-state index contributed by atoms with van der Waals surface area (Å²) in [5, 5.41) is 0.820. The van der Waals surface area contributed by atoms with Crippen LogP contribution >= 0.6 is 31.9 Å². The zero-order chi connectivity index (χ0) is 10.3. The highest BCUT2D eigenvalue weighted by molar-refractivity contribution is 9.11. The van der Waals surface area contributed by atoms with Crippen LogP contribution in [-0.2, 0) is 24.5 Å². The topological polar surface area (TPSA) is 37.4 Å². The molecule has 3 nitrogen and oxygen atoms in total. The van der Waals surface area contributed by atoms with Crippen LogP contribution in [0.4, 0.5) is 0 Å². The number of β-lactam (4-membered cyclic amide) rings is 1. The predicted molar refractivity (Wildman–Crippen MR) is 65.4 cm³/mol. The highest BCUT2D eigenvalue weighted by Gasteiger charge is 2.43. The fourth-order valence-corrected chi connectivity index (χ4v) is 7.07. The fourth-order valence-electron chi connectivity index (χ4n) is 1.45. The number of hydrogen-bond acceptors (Lipinski definition) is 2. The first-order valence-corrected chi connectivity index (χ1v) is 8.57. The molecule has 0 aromatic carbocycles. The summed E-state index contributed by atoms with van der Waals surface area (Å²) < 4.78 is 11.1. The Morgan fingerprint density at radius 3 is 2.93 bits per heavy atom. The van der Waals surface area contributed by atoms with Gasteiger partial charge in [0.25, 0.3) is 0 Å². The lowest BCUT2D eigenvalue weighted by molar-refractivity contribution is -0.137. The highest BCUT2D eigenvalue weighted by Crippen LogP contribution is 2.36. The Labute approximate surface area is 104 Å². The van der Waals surface area contributed by atoms with Gasteiger partial charge < -0.3 is 4.90 Å². The molecule has 1 amide bonds. The third kappa shape index (κ3) is 1.58. The van der Waals surface area contributed by atoms with Crippen molar-refractivity contribution in [3.05, 3.63) is 11.8 Å². The minimum Gasteiger partial charge on any atom is -0.305 e. The molecule has 1 saturated heterocycles. The quantitative estimate of drug-likeness (QED) is 0.522. The number of nitrogens with zero attached hydrogens (tertiary/aromatic N) is 1. The Morgan fingerprint density at radius 2 is 2.43 bits per heavy atom. The van der Waals surface area contributed by atoms with Crippen molar-refractivity contribution in [2.24, 2.45) is 0 Å². The van der Waals surface area contributed by atoms with Gasteiger partial charge in [-0.05, 0) is 5.57 Å². The maximum atomic E-state index is 11.2. The molecular formula is C7H7Br2NO2S2. The number of carbonyl (C=O) groups is 1. The van der Waals surface area contributed by atoms with Gasteiger partial charge in [-0.15, -0.1) is 0 Å². The predicted octanol–water partition coefficient (Wildman–Crippen LogP) is 1.30. The molecule has 0 bridgehead atoms. The first-order valence-electron chi connectivity index (χ1n) is 3.93. The van der Waals surface area contributed by atoms with Gasteiger partial charge in [0.1, 0.15) is 10.2 Å². The molecule has 2 rings (SSSR count). The highest BCUT2D eigenvalue weighted by atomic mass is 79.9. The summed E-state index contributed by atoms with van der Waals surface area (Å²) in [6, 6.07) is 0. The van der Waals surface area contributed by atoms with Crippen molar-refractivity contribution < 1.29 is 9.00 Å². The second-order valence-electron chi connectivity index (χ2n) is 3.01. The molecule has 2 aliphatic rings. The normalized spacial score (nSPS) is 35.9. The number of fused-ring (bicyclic) bond motifs is 1. The largest absolute Gasteiger partial charge is 0.305 e. The summed E-state index contributed by atoms with van der Waals surface area (Å²) in [5.41, 5.74) is 1.07. The van der Waals surface area contributed by atoms with Crippen molar-refractivity contribution >= 4 is 57.4 Å². The maximum Gasteiger partial charge on any atom is 0.230 e. The van der Waals surface area contributed by atoms with Gasteiger partial charge in [0, 0.05) is 11.5 Å². The lowest BCUT2D eigenvalue weighted by Gasteiger charge is -2.43. The molecule has 0 saturated carbocycles. The van der Waals surface area contributed by atoms with Crippen LogP contribution in [-0.4, -0.2) is 29.9 Å². The van der Waals surface area contributed by atoms with Gasteiger partial charge in [-0.2, -0.15) is 0 Å². The summed E-state index contributed by atoms with van der Waals surface area (Å²) >= 11 is 6.87. The SMILES string of the molecule is O=S=S1C(Br)C(CBr)=CN2C(=O)CC21. The van der Waals surface area contributed by atoms with Crippen LogP contribution < -0.4 is 0 Å². The zero-order valence-electron chi connectivity index (χ0n) is 6.98. The van der Waals surface area contributed by atoms with E-state index in [4.69, 9.17) is 0 Å². The molecule has 3 unspecified atom stereocenters. The smallest absolute Gasteiger partial charge is 0.230 e. The summed E-state index contributed by atoms with van der Waals surface area (Å²) in [5.74, 6) is 0.124. The molecule has 14 heavy (non-hydrogen) atoms. The van der Waals surface area contributed by atoms with Gasteiger partial charge in [-0.3, -0.25) is 4.79 Å². The monoisotopic (exact) mass is 359 g/mol.